The molecular formula is C11H16N4O2. The van der Waals surface area contributed by atoms with Crippen molar-refractivity contribution in [2.24, 2.45) is 16.5 Å². The molecule has 0 aromatic heterocycles. The lowest BCUT2D eigenvalue weighted by atomic mass is 10.3. The average molecular weight is 236 g/mol. The zero-order valence-electron chi connectivity index (χ0n) is 9.43. The first-order chi connectivity index (χ1) is 8.18. The number of carbonyl (C=O) groups is 1. The first kappa shape index (κ1) is 13.0. The molecule has 0 saturated heterocycles. The number of primary amides is 1. The van der Waals surface area contributed by atoms with Crippen LogP contribution in [0.25, 0.3) is 0 Å². The Morgan fingerprint density at radius 3 is 2.65 bits per heavy atom. The van der Waals surface area contributed by atoms with Crippen LogP contribution in [-0.2, 0) is 9.53 Å². The van der Waals surface area contributed by atoms with Gasteiger partial charge in [0.25, 0.3) is 0 Å². The Morgan fingerprint density at radius 1 is 1.29 bits per heavy atom. The fourth-order valence-electron chi connectivity index (χ4n) is 1.11. The summed E-state index contributed by atoms with van der Waals surface area (Å²) in [5.74, 6) is -0.191. The average Bonchev–Trinajstić information content (AvgIpc) is 2.29. The minimum atomic E-state index is -0.496. The second-order valence-corrected chi connectivity index (χ2v) is 3.28. The molecule has 5 N–H and O–H groups in total. The molecule has 6 nitrogen and oxygen atoms in total. The third-order valence-electron chi connectivity index (χ3n) is 1.81. The van der Waals surface area contributed by atoms with E-state index >= 15 is 0 Å². The lowest BCUT2D eigenvalue weighted by Crippen LogP contribution is -2.24. The third kappa shape index (κ3) is 6.16. The summed E-state index contributed by atoms with van der Waals surface area (Å²) in [6.07, 6.45) is 0. The number of benzene rings is 1. The van der Waals surface area contributed by atoms with E-state index in [0.717, 1.165) is 5.69 Å². The number of para-hydroxylation sites is 1. The van der Waals surface area contributed by atoms with Crippen LogP contribution in [0.3, 0.4) is 0 Å². The van der Waals surface area contributed by atoms with Crippen molar-refractivity contribution in [1.29, 1.82) is 0 Å². The van der Waals surface area contributed by atoms with Crippen molar-refractivity contribution in [2.75, 3.05) is 25.1 Å². The molecule has 0 aliphatic rings. The number of carbonyl (C=O) groups excluding carboxylic acids is 1. The van der Waals surface area contributed by atoms with Gasteiger partial charge in [0.1, 0.15) is 6.61 Å². The maximum atomic E-state index is 10.4. The monoisotopic (exact) mass is 236 g/mol. The molecule has 1 amide bonds. The number of rotatable bonds is 6. The Labute approximate surface area is 99.7 Å². The number of amides is 1. The molecule has 0 aliphatic carbocycles. The first-order valence-electron chi connectivity index (χ1n) is 5.16. The smallest absolute Gasteiger partial charge is 0.243 e. The van der Waals surface area contributed by atoms with Gasteiger partial charge in [0.15, 0.2) is 5.96 Å². The van der Waals surface area contributed by atoms with E-state index in [9.17, 15) is 4.79 Å². The van der Waals surface area contributed by atoms with E-state index in [4.69, 9.17) is 16.2 Å². The molecule has 1 rings (SSSR count). The highest BCUT2D eigenvalue weighted by molar-refractivity contribution is 5.92. The van der Waals surface area contributed by atoms with Crippen molar-refractivity contribution in [2.45, 2.75) is 0 Å². The summed E-state index contributed by atoms with van der Waals surface area (Å²) in [6, 6.07) is 9.46. The topological polar surface area (TPSA) is 103 Å². The number of hydrogen-bond acceptors (Lipinski definition) is 3. The van der Waals surface area contributed by atoms with Crippen molar-refractivity contribution in [3.63, 3.8) is 0 Å². The molecule has 0 fully saturated rings. The molecule has 92 valence electrons. The van der Waals surface area contributed by atoms with Crippen LogP contribution in [0.1, 0.15) is 0 Å². The Hall–Kier alpha value is -2.08. The highest BCUT2D eigenvalue weighted by Gasteiger charge is 1.95. The number of anilines is 1. The fourth-order valence-corrected chi connectivity index (χ4v) is 1.11. The zero-order valence-corrected chi connectivity index (χ0v) is 9.43. The Kier molecular flexibility index (Phi) is 5.53. The van der Waals surface area contributed by atoms with Gasteiger partial charge < -0.3 is 21.5 Å². The molecule has 0 heterocycles. The summed E-state index contributed by atoms with van der Waals surface area (Å²) >= 11 is 0. The summed E-state index contributed by atoms with van der Waals surface area (Å²) in [4.78, 5) is 14.4. The minimum absolute atomic E-state index is 0.0957. The van der Waals surface area contributed by atoms with E-state index in [1.54, 1.807) is 0 Å². The largest absolute Gasteiger partial charge is 0.370 e. The van der Waals surface area contributed by atoms with Crippen LogP contribution < -0.4 is 16.8 Å². The molecule has 1 aromatic rings. The lowest BCUT2D eigenvalue weighted by Gasteiger charge is -2.05. The number of nitrogens with one attached hydrogen (secondary N) is 1. The van der Waals surface area contributed by atoms with Gasteiger partial charge in [-0.15, -0.1) is 0 Å². The van der Waals surface area contributed by atoms with Gasteiger partial charge in [-0.1, -0.05) is 18.2 Å². The highest BCUT2D eigenvalue weighted by atomic mass is 16.5. The predicted octanol–water partition coefficient (Wildman–Crippen LogP) is -0.0849. The molecule has 6 heteroatoms. The quantitative estimate of drug-likeness (QED) is 0.365. The highest BCUT2D eigenvalue weighted by Crippen LogP contribution is 2.03. The van der Waals surface area contributed by atoms with E-state index in [1.165, 1.54) is 0 Å². The van der Waals surface area contributed by atoms with Gasteiger partial charge >= 0.3 is 0 Å². The van der Waals surface area contributed by atoms with Gasteiger partial charge in [0.05, 0.1) is 13.2 Å². The molecule has 0 spiro atoms. The van der Waals surface area contributed by atoms with Crippen molar-refractivity contribution in [1.82, 2.24) is 0 Å². The summed E-state index contributed by atoms with van der Waals surface area (Å²) in [7, 11) is 0. The van der Waals surface area contributed by atoms with Crippen molar-refractivity contribution < 1.29 is 9.53 Å². The molecule has 0 unspecified atom stereocenters. The summed E-state index contributed by atoms with van der Waals surface area (Å²) in [6.45, 7) is 0.584. The van der Waals surface area contributed by atoms with Crippen molar-refractivity contribution in [3.8, 4) is 0 Å². The Morgan fingerprint density at radius 2 is 2.00 bits per heavy atom. The van der Waals surface area contributed by atoms with Crippen LogP contribution in [0, 0.1) is 0 Å². The van der Waals surface area contributed by atoms with Gasteiger partial charge in [0, 0.05) is 5.69 Å². The van der Waals surface area contributed by atoms with E-state index < -0.39 is 5.91 Å². The second-order valence-electron chi connectivity index (χ2n) is 3.28. The third-order valence-corrected chi connectivity index (χ3v) is 1.81. The van der Waals surface area contributed by atoms with Crippen LogP contribution >= 0.6 is 0 Å². The number of ether oxygens (including phenoxy) is 1. The van der Waals surface area contributed by atoms with Crippen LogP contribution in [0.15, 0.2) is 35.3 Å². The SMILES string of the molecule is NC(=O)COCCN=C(N)Nc1ccccc1. The molecule has 0 aliphatic heterocycles. The number of hydrogen-bond donors (Lipinski definition) is 3. The van der Waals surface area contributed by atoms with Crippen molar-refractivity contribution in [3.05, 3.63) is 30.3 Å². The summed E-state index contributed by atoms with van der Waals surface area (Å²) < 4.78 is 4.93. The maximum absolute atomic E-state index is 10.4. The van der Waals surface area contributed by atoms with E-state index in [2.05, 4.69) is 10.3 Å². The first-order valence-corrected chi connectivity index (χ1v) is 5.16. The summed E-state index contributed by atoms with van der Waals surface area (Å²) in [5.41, 5.74) is 11.4. The molecule has 0 radical (unpaired) electrons. The second kappa shape index (κ2) is 7.24. The summed E-state index contributed by atoms with van der Waals surface area (Å²) in [5, 5.41) is 2.92. The predicted molar refractivity (Wildman–Crippen MR) is 66.6 cm³/mol. The Bertz CT molecular complexity index is 378. The molecule has 1 aromatic carbocycles. The van der Waals surface area contributed by atoms with Crippen molar-refractivity contribution >= 4 is 17.6 Å². The van der Waals surface area contributed by atoms with Gasteiger partial charge in [-0.3, -0.25) is 9.79 Å². The van der Waals surface area contributed by atoms with E-state index in [-0.39, 0.29) is 6.61 Å². The number of nitrogens with zero attached hydrogens (tertiary/aromatic N) is 1. The van der Waals surface area contributed by atoms with E-state index in [0.29, 0.717) is 19.1 Å². The molecular weight excluding hydrogens is 220 g/mol. The van der Waals surface area contributed by atoms with E-state index in [1.807, 2.05) is 30.3 Å². The lowest BCUT2D eigenvalue weighted by molar-refractivity contribution is -0.122. The minimum Gasteiger partial charge on any atom is -0.370 e. The maximum Gasteiger partial charge on any atom is 0.243 e. The van der Waals surface area contributed by atoms with Gasteiger partial charge in [-0.05, 0) is 12.1 Å². The standard InChI is InChI=1S/C11H16N4O2/c12-10(16)8-17-7-6-14-11(13)15-9-4-2-1-3-5-9/h1-5H,6-8H2,(H2,12,16)(H3,13,14,15). The number of aliphatic imine (C=N–C) groups is 1. The van der Waals surface area contributed by atoms with Crippen LogP contribution in [0.5, 0.6) is 0 Å². The van der Waals surface area contributed by atoms with Crippen LogP contribution in [-0.4, -0.2) is 31.6 Å². The molecule has 0 bridgehead atoms. The molecule has 0 saturated carbocycles. The molecule has 17 heavy (non-hydrogen) atoms. The van der Waals surface area contributed by atoms with Crippen LogP contribution in [0.4, 0.5) is 5.69 Å². The van der Waals surface area contributed by atoms with Gasteiger partial charge in [-0.2, -0.15) is 0 Å². The number of nitrogens with two attached hydrogens (primary N) is 2. The normalized spacial score (nSPS) is 11.2. The Balaban J connectivity index is 2.23. The zero-order chi connectivity index (χ0) is 12.5. The number of guanidine groups is 1. The van der Waals surface area contributed by atoms with Gasteiger partial charge in [0.2, 0.25) is 5.91 Å². The van der Waals surface area contributed by atoms with Crippen LogP contribution in [0.2, 0.25) is 0 Å². The fraction of sp³-hybridized carbons (Fsp3) is 0.273. The van der Waals surface area contributed by atoms with Gasteiger partial charge in [-0.25, -0.2) is 0 Å². The molecule has 0 atom stereocenters.